The highest BCUT2D eigenvalue weighted by Gasteiger charge is 2.80. The third kappa shape index (κ3) is 4.33. The summed E-state index contributed by atoms with van der Waals surface area (Å²) < 4.78 is 93.6. The van der Waals surface area contributed by atoms with Crippen molar-refractivity contribution in [3.8, 4) is 29.3 Å². The second-order valence-corrected chi connectivity index (χ2v) is 16.3. The molecule has 11 heteroatoms. The van der Waals surface area contributed by atoms with Crippen LogP contribution in [-0.4, -0.2) is 17.8 Å². The summed E-state index contributed by atoms with van der Waals surface area (Å²) in [4.78, 5) is 6.53. The summed E-state index contributed by atoms with van der Waals surface area (Å²) in [6.45, 7) is 11.4. The lowest BCUT2D eigenvalue weighted by atomic mass is 9.95. The van der Waals surface area contributed by atoms with E-state index in [1.54, 1.807) is 6.07 Å². The Morgan fingerprint density at radius 2 is 0.952 bits per heavy atom. The van der Waals surface area contributed by atoms with Crippen LogP contribution < -0.4 is 0 Å². The van der Waals surface area contributed by atoms with Crippen LogP contribution >= 0.6 is 56.7 Å². The van der Waals surface area contributed by atoms with Gasteiger partial charge in [0.1, 0.15) is 0 Å². The molecule has 1 aliphatic rings. The molecule has 0 aromatic carbocycles. The van der Waals surface area contributed by atoms with Gasteiger partial charge < -0.3 is 0 Å². The average Bonchev–Trinajstić information content (AvgIpc) is 3.73. The molecule has 0 bridgehead atoms. The number of halogens is 6. The van der Waals surface area contributed by atoms with Gasteiger partial charge in [-0.25, -0.2) is 0 Å². The Labute approximate surface area is 259 Å². The lowest BCUT2D eigenvalue weighted by Gasteiger charge is -2.25. The molecule has 42 heavy (non-hydrogen) atoms. The van der Waals surface area contributed by atoms with Gasteiger partial charge in [0.2, 0.25) is 0 Å². The molecule has 0 radical (unpaired) electrons. The summed E-state index contributed by atoms with van der Waals surface area (Å²) >= 11 is 6.48. The third-order valence-electron chi connectivity index (χ3n) is 7.76. The van der Waals surface area contributed by atoms with Crippen LogP contribution in [0.15, 0.2) is 35.7 Å². The first-order valence-electron chi connectivity index (χ1n) is 12.9. The highest BCUT2D eigenvalue weighted by molar-refractivity contribution is 7.26. The van der Waals surface area contributed by atoms with Crippen LogP contribution in [0.3, 0.4) is 0 Å². The van der Waals surface area contributed by atoms with Crippen LogP contribution in [0, 0.1) is 41.5 Å². The van der Waals surface area contributed by atoms with Crippen molar-refractivity contribution in [2.24, 2.45) is 0 Å². The minimum Gasteiger partial charge on any atom is -0.194 e. The van der Waals surface area contributed by atoms with Crippen molar-refractivity contribution >= 4 is 67.8 Å². The van der Waals surface area contributed by atoms with Crippen LogP contribution in [0.4, 0.5) is 26.3 Å². The van der Waals surface area contributed by atoms with E-state index >= 15 is 26.3 Å². The normalized spacial score (nSPS) is 17.5. The first kappa shape index (κ1) is 29.9. The topological polar surface area (TPSA) is 0 Å². The van der Waals surface area contributed by atoms with Gasteiger partial charge in [0, 0.05) is 55.7 Å². The molecule has 0 aliphatic heterocycles. The van der Waals surface area contributed by atoms with Crippen LogP contribution in [-0.2, 0) is 0 Å². The van der Waals surface area contributed by atoms with Crippen molar-refractivity contribution in [2.45, 2.75) is 59.3 Å². The summed E-state index contributed by atoms with van der Waals surface area (Å²) in [7, 11) is 0. The predicted octanol–water partition coefficient (Wildman–Crippen LogP) is 12.7. The zero-order valence-corrected chi connectivity index (χ0v) is 27.4. The number of allylic oxidation sites excluding steroid dienone is 2. The standard InChI is InChI=1S/C31H24F6S5/c1-13-7-22(39-16(13)4)21-10-19(12-38-21)26-27(30(34,35)31(36,37)29(26,32)33)20-11-24(23-8-14(2)17(5)40-23)42-28(20)25-9-15(3)18(6)41-25/h7-12H,1-6H3. The quantitative estimate of drug-likeness (QED) is 0.163. The molecule has 1 aliphatic carbocycles. The Balaban J connectivity index is 1.65. The van der Waals surface area contributed by atoms with Gasteiger partial charge in [-0.3, -0.25) is 0 Å². The molecular formula is C31H24F6S5. The minimum atomic E-state index is -5.61. The Hall–Kier alpha value is -2.18. The SMILES string of the molecule is Cc1cc(-c2cc(C3=C(c4cc(-c5cc(C)c(C)s5)sc4-c4cc(C)c(C)s4)C(F)(F)C(F)(F)C3(F)F)cs2)sc1C. The largest absolute Gasteiger partial charge is 0.380 e. The molecule has 0 fully saturated rings. The summed E-state index contributed by atoms with van der Waals surface area (Å²) in [5.74, 6) is -15.8. The molecule has 0 saturated carbocycles. The van der Waals surface area contributed by atoms with Gasteiger partial charge in [-0.2, -0.15) is 26.3 Å². The number of aryl methyl sites for hydroxylation is 6. The van der Waals surface area contributed by atoms with Crippen molar-refractivity contribution in [3.63, 3.8) is 0 Å². The molecule has 0 N–H and O–H groups in total. The fourth-order valence-electron chi connectivity index (χ4n) is 5.01. The fourth-order valence-corrected chi connectivity index (χ4v) is 10.5. The summed E-state index contributed by atoms with van der Waals surface area (Å²) in [5, 5.41) is 1.29. The Morgan fingerprint density at radius 3 is 1.45 bits per heavy atom. The lowest BCUT2D eigenvalue weighted by molar-refractivity contribution is -0.254. The fraction of sp³-hybridized carbons (Fsp3) is 0.290. The Kier molecular flexibility index (Phi) is 7.05. The molecule has 5 heterocycles. The smallest absolute Gasteiger partial charge is 0.194 e. The van der Waals surface area contributed by atoms with Crippen molar-refractivity contribution < 1.29 is 26.3 Å². The van der Waals surface area contributed by atoms with E-state index in [9.17, 15) is 0 Å². The monoisotopic (exact) mass is 670 g/mol. The summed E-state index contributed by atoms with van der Waals surface area (Å²) in [6.07, 6.45) is 0. The second kappa shape index (κ2) is 9.92. The minimum absolute atomic E-state index is 0.271. The number of hydrogen-bond donors (Lipinski definition) is 0. The van der Waals surface area contributed by atoms with Crippen LogP contribution in [0.5, 0.6) is 0 Å². The van der Waals surface area contributed by atoms with Gasteiger partial charge in [0.15, 0.2) is 0 Å². The molecule has 0 saturated heterocycles. The average molecular weight is 671 g/mol. The van der Waals surface area contributed by atoms with Gasteiger partial charge in [-0.1, -0.05) is 0 Å². The summed E-state index contributed by atoms with van der Waals surface area (Å²) in [6, 6.07) is 8.34. The van der Waals surface area contributed by atoms with Gasteiger partial charge in [-0.05, 0) is 99.5 Å². The molecule has 5 aromatic heterocycles. The number of thiophene rings is 5. The molecule has 6 rings (SSSR count). The first-order chi connectivity index (χ1) is 19.5. The van der Waals surface area contributed by atoms with E-state index in [0.717, 1.165) is 52.4 Å². The zero-order chi connectivity index (χ0) is 30.5. The van der Waals surface area contributed by atoms with Gasteiger partial charge in [0.05, 0.1) is 4.88 Å². The van der Waals surface area contributed by atoms with E-state index in [4.69, 9.17) is 0 Å². The molecule has 220 valence electrons. The molecule has 0 amide bonds. The van der Waals surface area contributed by atoms with Crippen molar-refractivity contribution in [2.75, 3.05) is 0 Å². The molecule has 0 nitrogen and oxygen atoms in total. The molecule has 0 unspecified atom stereocenters. The van der Waals surface area contributed by atoms with Gasteiger partial charge >= 0.3 is 17.8 Å². The van der Waals surface area contributed by atoms with E-state index in [0.29, 0.717) is 14.6 Å². The number of alkyl halides is 6. The van der Waals surface area contributed by atoms with E-state index in [-0.39, 0.29) is 16.0 Å². The zero-order valence-electron chi connectivity index (χ0n) is 23.3. The third-order valence-corrected chi connectivity index (χ3v) is 13.9. The molecule has 0 atom stereocenters. The number of hydrogen-bond acceptors (Lipinski definition) is 5. The highest BCUT2D eigenvalue weighted by Crippen LogP contribution is 2.66. The van der Waals surface area contributed by atoms with Crippen LogP contribution in [0.1, 0.15) is 42.4 Å². The Morgan fingerprint density at radius 1 is 0.500 bits per heavy atom. The van der Waals surface area contributed by atoms with E-state index in [1.807, 2.05) is 53.7 Å². The van der Waals surface area contributed by atoms with Gasteiger partial charge in [0.25, 0.3) is 0 Å². The van der Waals surface area contributed by atoms with E-state index in [1.165, 1.54) is 62.9 Å². The second-order valence-electron chi connectivity index (χ2n) is 10.6. The number of rotatable bonds is 5. The van der Waals surface area contributed by atoms with Crippen molar-refractivity contribution in [1.82, 2.24) is 0 Å². The maximum atomic E-state index is 15.9. The van der Waals surface area contributed by atoms with Crippen LogP contribution in [0.2, 0.25) is 0 Å². The van der Waals surface area contributed by atoms with E-state index in [2.05, 4.69) is 0 Å². The van der Waals surface area contributed by atoms with Crippen molar-refractivity contribution in [3.05, 3.63) is 78.2 Å². The predicted molar refractivity (Wildman–Crippen MR) is 169 cm³/mol. The molecule has 5 aromatic rings. The molecule has 0 spiro atoms. The highest BCUT2D eigenvalue weighted by atomic mass is 32.1. The lowest BCUT2D eigenvalue weighted by Crippen LogP contribution is -2.48. The Bertz CT molecular complexity index is 1830. The first-order valence-corrected chi connectivity index (χ1v) is 17.0. The maximum Gasteiger partial charge on any atom is 0.380 e. The van der Waals surface area contributed by atoms with Crippen molar-refractivity contribution in [1.29, 1.82) is 0 Å². The van der Waals surface area contributed by atoms with E-state index < -0.39 is 28.9 Å². The van der Waals surface area contributed by atoms with Crippen LogP contribution in [0.25, 0.3) is 40.4 Å². The van der Waals surface area contributed by atoms with Gasteiger partial charge in [-0.15, -0.1) is 56.7 Å². The summed E-state index contributed by atoms with van der Waals surface area (Å²) in [5.41, 5.74) is -0.270. The molecular weight excluding hydrogens is 647 g/mol. The maximum absolute atomic E-state index is 15.9.